The summed E-state index contributed by atoms with van der Waals surface area (Å²) in [6, 6.07) is 2.51. The van der Waals surface area contributed by atoms with Gasteiger partial charge in [0.05, 0.1) is 10.5 Å². The summed E-state index contributed by atoms with van der Waals surface area (Å²) in [4.78, 5) is 21.4. The average Bonchev–Trinajstić information content (AvgIpc) is 2.39. The summed E-state index contributed by atoms with van der Waals surface area (Å²) < 4.78 is 0. The zero-order valence-electron chi connectivity index (χ0n) is 11.6. The molecule has 0 aliphatic rings. The highest BCUT2D eigenvalue weighted by Crippen LogP contribution is 2.27. The number of rotatable bonds is 8. The second-order valence-corrected chi connectivity index (χ2v) is 4.36. The molecule has 7 nitrogen and oxygen atoms in total. The zero-order valence-corrected chi connectivity index (χ0v) is 11.6. The lowest BCUT2D eigenvalue weighted by atomic mass is 10.1. The number of hydrogen-bond donors (Lipinski definition) is 3. The standard InChI is InChI=1S/C13H19N3O4/c1-3-14-5-4-6-15-11-7-10(13(17)18)8-12(9(11)2)16(19)20/h7-8,14-15H,3-6H2,1-2H3,(H,17,18). The molecule has 0 aliphatic heterocycles. The lowest BCUT2D eigenvalue weighted by molar-refractivity contribution is -0.385. The maximum atomic E-state index is 11.0. The number of nitro benzene ring substituents is 1. The van der Waals surface area contributed by atoms with E-state index in [2.05, 4.69) is 10.6 Å². The molecule has 0 atom stereocenters. The predicted molar refractivity (Wildman–Crippen MR) is 76.4 cm³/mol. The van der Waals surface area contributed by atoms with Crippen LogP contribution in [0.1, 0.15) is 29.3 Å². The Bertz CT molecular complexity index is 503. The van der Waals surface area contributed by atoms with Crippen molar-refractivity contribution in [2.75, 3.05) is 25.0 Å². The second-order valence-electron chi connectivity index (χ2n) is 4.36. The molecule has 20 heavy (non-hydrogen) atoms. The largest absolute Gasteiger partial charge is 0.478 e. The van der Waals surface area contributed by atoms with Gasteiger partial charge >= 0.3 is 5.97 Å². The van der Waals surface area contributed by atoms with Crippen LogP contribution in [0.4, 0.5) is 11.4 Å². The molecule has 0 bridgehead atoms. The van der Waals surface area contributed by atoms with E-state index in [0.29, 0.717) is 17.8 Å². The van der Waals surface area contributed by atoms with Crippen molar-refractivity contribution < 1.29 is 14.8 Å². The third kappa shape index (κ3) is 4.20. The minimum Gasteiger partial charge on any atom is -0.478 e. The van der Waals surface area contributed by atoms with E-state index < -0.39 is 10.9 Å². The number of nitrogens with one attached hydrogen (secondary N) is 2. The number of nitrogens with zero attached hydrogens (tertiary/aromatic N) is 1. The first-order chi connectivity index (χ1) is 9.47. The molecular weight excluding hydrogens is 262 g/mol. The Morgan fingerprint density at radius 1 is 1.40 bits per heavy atom. The number of hydrogen-bond acceptors (Lipinski definition) is 5. The van der Waals surface area contributed by atoms with Gasteiger partial charge in [0.25, 0.3) is 5.69 Å². The molecular formula is C13H19N3O4. The van der Waals surface area contributed by atoms with Gasteiger partial charge in [-0.3, -0.25) is 10.1 Å². The summed E-state index contributed by atoms with van der Waals surface area (Å²) in [6.07, 6.45) is 0.846. The van der Waals surface area contributed by atoms with Crippen molar-refractivity contribution >= 4 is 17.3 Å². The fourth-order valence-corrected chi connectivity index (χ4v) is 1.81. The minimum atomic E-state index is -1.18. The first kappa shape index (κ1) is 15.9. The Balaban J connectivity index is 2.88. The van der Waals surface area contributed by atoms with E-state index in [0.717, 1.165) is 25.6 Å². The van der Waals surface area contributed by atoms with Crippen molar-refractivity contribution in [3.8, 4) is 0 Å². The van der Waals surface area contributed by atoms with Crippen LogP contribution in [-0.2, 0) is 0 Å². The first-order valence-electron chi connectivity index (χ1n) is 6.44. The summed E-state index contributed by atoms with van der Waals surface area (Å²) in [6.45, 7) is 5.96. The highest BCUT2D eigenvalue weighted by atomic mass is 16.6. The molecule has 0 saturated carbocycles. The highest BCUT2D eigenvalue weighted by Gasteiger charge is 2.18. The molecule has 0 fully saturated rings. The number of benzene rings is 1. The van der Waals surface area contributed by atoms with Gasteiger partial charge in [0.15, 0.2) is 0 Å². The van der Waals surface area contributed by atoms with E-state index in [-0.39, 0.29) is 11.3 Å². The maximum Gasteiger partial charge on any atom is 0.336 e. The number of carbonyl (C=O) groups is 1. The van der Waals surface area contributed by atoms with Gasteiger partial charge in [-0.2, -0.15) is 0 Å². The zero-order chi connectivity index (χ0) is 15.1. The van der Waals surface area contributed by atoms with Gasteiger partial charge in [0.2, 0.25) is 0 Å². The van der Waals surface area contributed by atoms with Crippen LogP contribution in [-0.4, -0.2) is 35.6 Å². The lowest BCUT2D eigenvalue weighted by Gasteiger charge is -2.11. The smallest absolute Gasteiger partial charge is 0.336 e. The maximum absolute atomic E-state index is 11.0. The third-order valence-electron chi connectivity index (χ3n) is 2.92. The molecule has 110 valence electrons. The fourth-order valence-electron chi connectivity index (χ4n) is 1.81. The number of nitro groups is 1. The van der Waals surface area contributed by atoms with E-state index in [9.17, 15) is 14.9 Å². The molecule has 1 aromatic rings. The summed E-state index contributed by atoms with van der Waals surface area (Å²) in [7, 11) is 0. The summed E-state index contributed by atoms with van der Waals surface area (Å²) in [5.74, 6) is -1.18. The molecule has 0 saturated heterocycles. The molecule has 0 aromatic heterocycles. The van der Waals surface area contributed by atoms with E-state index in [1.165, 1.54) is 6.07 Å². The molecule has 0 unspecified atom stereocenters. The van der Waals surface area contributed by atoms with Crippen LogP contribution in [0.5, 0.6) is 0 Å². The number of carboxylic acid groups (broad SMARTS) is 1. The molecule has 0 radical (unpaired) electrons. The fraction of sp³-hybridized carbons (Fsp3) is 0.462. The molecule has 0 spiro atoms. The van der Waals surface area contributed by atoms with Crippen molar-refractivity contribution in [2.45, 2.75) is 20.3 Å². The van der Waals surface area contributed by atoms with Crippen LogP contribution < -0.4 is 10.6 Å². The topological polar surface area (TPSA) is 104 Å². The monoisotopic (exact) mass is 281 g/mol. The van der Waals surface area contributed by atoms with Gasteiger partial charge < -0.3 is 15.7 Å². The minimum absolute atomic E-state index is 0.0866. The van der Waals surface area contributed by atoms with Crippen molar-refractivity contribution in [3.05, 3.63) is 33.4 Å². The Labute approximate surface area is 117 Å². The van der Waals surface area contributed by atoms with Crippen molar-refractivity contribution in [1.29, 1.82) is 0 Å². The lowest BCUT2D eigenvalue weighted by Crippen LogP contribution is -2.17. The average molecular weight is 281 g/mol. The van der Waals surface area contributed by atoms with E-state index >= 15 is 0 Å². The second kappa shape index (κ2) is 7.44. The van der Waals surface area contributed by atoms with Crippen LogP contribution >= 0.6 is 0 Å². The van der Waals surface area contributed by atoms with Crippen molar-refractivity contribution in [1.82, 2.24) is 5.32 Å². The van der Waals surface area contributed by atoms with Gasteiger partial charge in [0, 0.05) is 23.9 Å². The highest BCUT2D eigenvalue weighted by molar-refractivity contribution is 5.90. The summed E-state index contributed by atoms with van der Waals surface area (Å²) in [5, 5.41) is 26.1. The predicted octanol–water partition coefficient (Wildman–Crippen LogP) is 2.01. The molecule has 0 heterocycles. The van der Waals surface area contributed by atoms with E-state index in [1.54, 1.807) is 6.92 Å². The van der Waals surface area contributed by atoms with Crippen LogP contribution in [0, 0.1) is 17.0 Å². The van der Waals surface area contributed by atoms with Gasteiger partial charge in [-0.05, 0) is 32.5 Å². The Kier molecular flexibility index (Phi) is 5.92. The Morgan fingerprint density at radius 3 is 2.65 bits per heavy atom. The molecule has 1 rings (SSSR count). The van der Waals surface area contributed by atoms with Crippen LogP contribution in [0.15, 0.2) is 12.1 Å². The molecule has 7 heteroatoms. The van der Waals surface area contributed by atoms with Crippen LogP contribution in [0.3, 0.4) is 0 Å². The number of carboxylic acids is 1. The summed E-state index contributed by atoms with van der Waals surface area (Å²) >= 11 is 0. The number of aromatic carboxylic acids is 1. The van der Waals surface area contributed by atoms with Gasteiger partial charge in [-0.15, -0.1) is 0 Å². The molecule has 0 aliphatic carbocycles. The van der Waals surface area contributed by atoms with Gasteiger partial charge in [-0.25, -0.2) is 4.79 Å². The Morgan fingerprint density at radius 2 is 2.10 bits per heavy atom. The van der Waals surface area contributed by atoms with Crippen LogP contribution in [0.2, 0.25) is 0 Å². The quantitative estimate of drug-likeness (QED) is 0.382. The normalized spacial score (nSPS) is 10.3. The Hall–Kier alpha value is -2.15. The van der Waals surface area contributed by atoms with E-state index in [4.69, 9.17) is 5.11 Å². The van der Waals surface area contributed by atoms with Gasteiger partial charge in [-0.1, -0.05) is 6.92 Å². The SMILES string of the molecule is CCNCCCNc1cc(C(=O)O)cc([N+](=O)[O-])c1C. The third-order valence-corrected chi connectivity index (χ3v) is 2.92. The van der Waals surface area contributed by atoms with Crippen molar-refractivity contribution in [2.24, 2.45) is 0 Å². The molecule has 3 N–H and O–H groups in total. The summed E-state index contributed by atoms with van der Waals surface area (Å²) in [5.41, 5.74) is 0.673. The number of anilines is 1. The van der Waals surface area contributed by atoms with Gasteiger partial charge in [0.1, 0.15) is 0 Å². The van der Waals surface area contributed by atoms with E-state index in [1.807, 2.05) is 6.92 Å². The first-order valence-corrected chi connectivity index (χ1v) is 6.44. The van der Waals surface area contributed by atoms with Crippen molar-refractivity contribution in [3.63, 3.8) is 0 Å². The van der Waals surface area contributed by atoms with Crippen LogP contribution in [0.25, 0.3) is 0 Å². The molecule has 1 aromatic carbocycles. The molecule has 0 amide bonds.